The van der Waals surface area contributed by atoms with Gasteiger partial charge >= 0.3 is 5.97 Å². The SMILES string of the molecule is CCC(=O)OC[N+]1(CCCCOc2ccc3ccc(=O)[nH]c3c2)CCN(c2cccc3sccc23)CC1.[I-]. The van der Waals surface area contributed by atoms with Gasteiger partial charge in [0.1, 0.15) is 5.75 Å². The zero-order chi connectivity index (χ0) is 25.7. The quantitative estimate of drug-likeness (QED) is 0.124. The Bertz CT molecular complexity index is 1430. The average Bonchev–Trinajstić information content (AvgIpc) is 3.41. The van der Waals surface area contributed by atoms with Crippen LogP contribution in [-0.2, 0) is 9.53 Å². The summed E-state index contributed by atoms with van der Waals surface area (Å²) < 4.78 is 13.8. The van der Waals surface area contributed by atoms with Gasteiger partial charge in [-0.25, -0.2) is 0 Å². The van der Waals surface area contributed by atoms with E-state index in [-0.39, 0.29) is 35.5 Å². The van der Waals surface area contributed by atoms with Gasteiger partial charge < -0.3 is 43.3 Å². The first kappa shape index (κ1) is 28.4. The molecule has 1 saturated heterocycles. The zero-order valence-corrected chi connectivity index (χ0v) is 24.6. The van der Waals surface area contributed by atoms with Crippen molar-refractivity contribution >= 4 is 44.0 Å². The second kappa shape index (κ2) is 12.9. The van der Waals surface area contributed by atoms with Crippen molar-refractivity contribution in [3.63, 3.8) is 0 Å². The number of H-pyrrole nitrogens is 1. The molecular formula is C29H34IN3O4S. The molecule has 9 heteroatoms. The molecule has 0 aliphatic carbocycles. The molecule has 0 atom stereocenters. The standard InChI is InChI=1S/C29H33N3O4S.HI/c1-2-29(34)36-21-32(16-13-31(14-17-32)26-6-5-7-27-24(26)12-19-37-27)15-3-4-18-35-23-10-8-22-9-11-28(33)30-25(22)20-23;/h5-12,19-20H,2-4,13-18,21H2,1H3;1H. The molecule has 1 N–H and O–H groups in total. The summed E-state index contributed by atoms with van der Waals surface area (Å²) in [6.07, 6.45) is 2.29. The van der Waals surface area contributed by atoms with Gasteiger partial charge in [-0.2, -0.15) is 0 Å². The molecule has 0 saturated carbocycles. The zero-order valence-electron chi connectivity index (χ0n) is 21.7. The number of fused-ring (bicyclic) bond motifs is 2. The van der Waals surface area contributed by atoms with Crippen LogP contribution in [-0.4, -0.2) is 61.5 Å². The van der Waals surface area contributed by atoms with Gasteiger partial charge in [0.15, 0.2) is 0 Å². The minimum absolute atomic E-state index is 0. The Morgan fingerprint density at radius 2 is 1.89 bits per heavy atom. The van der Waals surface area contributed by atoms with Gasteiger partial charge in [-0.05, 0) is 60.0 Å². The number of quaternary nitrogens is 1. The number of aromatic nitrogens is 1. The summed E-state index contributed by atoms with van der Waals surface area (Å²) in [5.74, 6) is 0.618. The first-order valence-corrected chi connectivity index (χ1v) is 13.9. The highest BCUT2D eigenvalue weighted by molar-refractivity contribution is 7.17. The lowest BCUT2D eigenvalue weighted by atomic mass is 10.1. The first-order valence-electron chi connectivity index (χ1n) is 13.0. The topological polar surface area (TPSA) is 71.6 Å². The maximum absolute atomic E-state index is 12.0. The van der Waals surface area contributed by atoms with Crippen molar-refractivity contribution in [2.75, 3.05) is 51.0 Å². The summed E-state index contributed by atoms with van der Waals surface area (Å²) in [6.45, 7) is 7.57. The highest BCUT2D eigenvalue weighted by Gasteiger charge is 2.34. The van der Waals surface area contributed by atoms with E-state index in [1.165, 1.54) is 21.8 Å². The van der Waals surface area contributed by atoms with Gasteiger partial charge in [-0.15, -0.1) is 11.3 Å². The van der Waals surface area contributed by atoms with Crippen LogP contribution < -0.4 is 39.2 Å². The van der Waals surface area contributed by atoms with E-state index in [1.807, 2.05) is 31.2 Å². The number of nitrogens with zero attached hydrogens (tertiary/aromatic N) is 2. The van der Waals surface area contributed by atoms with Crippen LogP contribution in [0.2, 0.25) is 0 Å². The van der Waals surface area contributed by atoms with Crippen molar-refractivity contribution in [2.45, 2.75) is 26.2 Å². The molecule has 2 aromatic heterocycles. The van der Waals surface area contributed by atoms with E-state index in [4.69, 9.17) is 9.47 Å². The van der Waals surface area contributed by atoms with E-state index in [0.717, 1.165) is 66.7 Å². The van der Waals surface area contributed by atoms with Crippen LogP contribution in [0.15, 0.2) is 64.8 Å². The summed E-state index contributed by atoms with van der Waals surface area (Å²) in [4.78, 5) is 28.9. The minimum Gasteiger partial charge on any atom is -1.00 e. The maximum atomic E-state index is 12.0. The fourth-order valence-corrected chi connectivity index (χ4v) is 5.88. The normalized spacial score (nSPS) is 14.8. The number of anilines is 1. The number of rotatable bonds is 10. The van der Waals surface area contributed by atoms with E-state index in [1.54, 1.807) is 11.3 Å². The van der Waals surface area contributed by atoms with Gasteiger partial charge in [0.2, 0.25) is 12.3 Å². The van der Waals surface area contributed by atoms with Gasteiger partial charge in [-0.3, -0.25) is 14.1 Å². The van der Waals surface area contributed by atoms with Gasteiger partial charge in [-0.1, -0.05) is 13.0 Å². The Morgan fingerprint density at radius 3 is 2.71 bits per heavy atom. The van der Waals surface area contributed by atoms with Crippen molar-refractivity contribution in [2.24, 2.45) is 0 Å². The molecule has 7 nitrogen and oxygen atoms in total. The molecule has 0 radical (unpaired) electrons. The molecule has 1 aliphatic rings. The van der Waals surface area contributed by atoms with Crippen LogP contribution in [0.25, 0.3) is 21.0 Å². The minimum atomic E-state index is -0.138. The predicted molar refractivity (Wildman–Crippen MR) is 149 cm³/mol. The second-order valence-electron chi connectivity index (χ2n) is 9.74. The maximum Gasteiger partial charge on any atom is 0.309 e. The largest absolute Gasteiger partial charge is 1.00 e. The Balaban J connectivity index is 0.00000336. The molecule has 0 spiro atoms. The number of halogens is 1. The van der Waals surface area contributed by atoms with Crippen LogP contribution in [0.3, 0.4) is 0 Å². The van der Waals surface area contributed by atoms with Crippen molar-refractivity contribution in [3.8, 4) is 5.75 Å². The van der Waals surface area contributed by atoms with Crippen LogP contribution in [0.5, 0.6) is 5.75 Å². The molecule has 5 rings (SSSR count). The Labute approximate surface area is 244 Å². The number of aromatic amines is 1. The Hall–Kier alpha value is -2.63. The fraction of sp³-hybridized carbons (Fsp3) is 0.379. The smallest absolute Gasteiger partial charge is 0.309 e. The molecule has 0 unspecified atom stereocenters. The lowest BCUT2D eigenvalue weighted by Gasteiger charge is -2.44. The summed E-state index contributed by atoms with van der Waals surface area (Å²) >= 11 is 1.78. The van der Waals surface area contributed by atoms with Crippen LogP contribution in [0, 0.1) is 0 Å². The van der Waals surface area contributed by atoms with Gasteiger partial charge in [0.05, 0.1) is 44.8 Å². The third-order valence-corrected chi connectivity index (χ3v) is 8.16. The molecular weight excluding hydrogens is 613 g/mol. The van der Waals surface area contributed by atoms with Crippen molar-refractivity contribution < 1.29 is 42.7 Å². The van der Waals surface area contributed by atoms with E-state index in [9.17, 15) is 9.59 Å². The summed E-state index contributed by atoms with van der Waals surface area (Å²) in [6, 6.07) is 17.9. The third-order valence-electron chi connectivity index (χ3n) is 7.28. The molecule has 2 aromatic carbocycles. The van der Waals surface area contributed by atoms with Gasteiger partial charge in [0.25, 0.3) is 0 Å². The number of carbonyl (C=O) groups excluding carboxylic acids is 1. The number of nitrogens with one attached hydrogen (secondary N) is 1. The third kappa shape index (κ3) is 6.68. The molecule has 38 heavy (non-hydrogen) atoms. The number of thiophene rings is 1. The molecule has 1 fully saturated rings. The number of esters is 1. The van der Waals surface area contributed by atoms with Crippen LogP contribution >= 0.6 is 11.3 Å². The summed E-state index contributed by atoms with van der Waals surface area (Å²) in [5, 5.41) is 4.45. The highest BCUT2D eigenvalue weighted by Crippen LogP contribution is 2.32. The molecule has 0 bridgehead atoms. The van der Waals surface area contributed by atoms with Crippen molar-refractivity contribution in [3.05, 3.63) is 70.3 Å². The molecule has 0 amide bonds. The molecule has 1 aliphatic heterocycles. The van der Waals surface area contributed by atoms with Crippen molar-refractivity contribution in [1.82, 2.24) is 4.98 Å². The lowest BCUT2D eigenvalue weighted by molar-refractivity contribution is -0.944. The number of piperazine rings is 1. The van der Waals surface area contributed by atoms with Gasteiger partial charge in [0, 0.05) is 34.3 Å². The highest BCUT2D eigenvalue weighted by atomic mass is 127. The Kier molecular flexibility index (Phi) is 9.67. The number of hydrogen-bond acceptors (Lipinski definition) is 6. The summed E-state index contributed by atoms with van der Waals surface area (Å²) in [5.41, 5.74) is 1.96. The van der Waals surface area contributed by atoms with E-state index >= 15 is 0 Å². The molecule has 202 valence electrons. The van der Waals surface area contributed by atoms with E-state index in [0.29, 0.717) is 19.8 Å². The fourth-order valence-electron chi connectivity index (χ4n) is 5.07. The predicted octanol–water partition coefficient (Wildman–Crippen LogP) is 2.15. The number of hydrogen-bond donors (Lipinski definition) is 1. The van der Waals surface area contributed by atoms with Crippen molar-refractivity contribution in [1.29, 1.82) is 0 Å². The summed E-state index contributed by atoms with van der Waals surface area (Å²) in [7, 11) is 0. The first-order chi connectivity index (χ1) is 18.0. The number of unbranched alkanes of at least 4 members (excludes halogenated alkanes) is 1. The Morgan fingerprint density at radius 1 is 1.08 bits per heavy atom. The second-order valence-corrected chi connectivity index (χ2v) is 10.7. The van der Waals surface area contributed by atoms with E-state index < -0.39 is 0 Å². The number of benzene rings is 2. The van der Waals surface area contributed by atoms with Crippen LogP contribution in [0.4, 0.5) is 5.69 Å². The monoisotopic (exact) mass is 647 g/mol. The molecule has 3 heterocycles. The van der Waals surface area contributed by atoms with Crippen LogP contribution in [0.1, 0.15) is 26.2 Å². The number of pyridine rings is 1. The molecule has 4 aromatic rings. The number of carbonyl (C=O) groups is 1. The average molecular weight is 648 g/mol. The van der Waals surface area contributed by atoms with E-state index in [2.05, 4.69) is 39.5 Å². The number of ether oxygens (including phenoxy) is 2. The lowest BCUT2D eigenvalue weighted by Crippen LogP contribution is -3.00.